The lowest BCUT2D eigenvalue weighted by Crippen LogP contribution is -2.11. The number of rotatable bonds is 3. The fourth-order valence-electron chi connectivity index (χ4n) is 4.79. The molecule has 29 heavy (non-hydrogen) atoms. The molecule has 3 atom stereocenters. The molecule has 1 saturated carbocycles. The minimum Gasteiger partial charge on any atom is -0.284 e. The van der Waals surface area contributed by atoms with Crippen molar-refractivity contribution in [1.29, 1.82) is 0 Å². The second-order valence-electron chi connectivity index (χ2n) is 8.72. The molecule has 0 bridgehead atoms. The normalized spacial score (nSPS) is 21.3. The van der Waals surface area contributed by atoms with Crippen LogP contribution in [0.2, 0.25) is 0 Å². The van der Waals surface area contributed by atoms with Crippen molar-refractivity contribution >= 4 is 16.8 Å². The second-order valence-corrected chi connectivity index (χ2v) is 8.72. The third kappa shape index (κ3) is 3.52. The average Bonchev–Trinajstić information content (AvgIpc) is 2.99. The average molecular weight is 385 g/mol. The third-order valence-electron chi connectivity index (χ3n) is 6.74. The molecule has 3 aromatic heterocycles. The minimum absolute atomic E-state index is 0.516. The van der Waals surface area contributed by atoms with Crippen LogP contribution in [0.15, 0.2) is 54.9 Å². The fraction of sp³-hybridized carbons (Fsp3) is 0.400. The van der Waals surface area contributed by atoms with Gasteiger partial charge in [-0.05, 0) is 55.0 Å². The number of imidazole rings is 1. The standard InChI is InChI=1S/C25H28N4/c1-17-6-5-7-19(11-10-17)18(2)21-13-12-20(16-26-21)22-14-15-29-24-9-4-3-8-23(24)28-25(29)27-22/h3-4,8-9,12-19H,5-7,10-11H2,1-2H3. The maximum absolute atomic E-state index is 4.84. The zero-order valence-electron chi connectivity index (χ0n) is 17.3. The van der Waals surface area contributed by atoms with E-state index in [1.54, 1.807) is 0 Å². The predicted octanol–water partition coefficient (Wildman–Crippen LogP) is 6.26. The van der Waals surface area contributed by atoms with Crippen LogP contribution in [0.1, 0.15) is 57.6 Å². The van der Waals surface area contributed by atoms with E-state index in [1.165, 1.54) is 37.8 Å². The van der Waals surface area contributed by atoms with E-state index in [2.05, 4.69) is 43.2 Å². The second kappa shape index (κ2) is 7.58. The molecule has 0 amide bonds. The highest BCUT2D eigenvalue weighted by Crippen LogP contribution is 2.36. The number of fused-ring (bicyclic) bond motifs is 3. The van der Waals surface area contributed by atoms with Crippen molar-refractivity contribution in [2.75, 3.05) is 0 Å². The number of hydrogen-bond donors (Lipinski definition) is 0. The Balaban J connectivity index is 1.40. The van der Waals surface area contributed by atoms with Crippen LogP contribution >= 0.6 is 0 Å². The number of hydrogen-bond acceptors (Lipinski definition) is 3. The molecule has 0 radical (unpaired) electrons. The molecule has 4 nitrogen and oxygen atoms in total. The van der Waals surface area contributed by atoms with Crippen LogP contribution in [-0.4, -0.2) is 19.4 Å². The summed E-state index contributed by atoms with van der Waals surface area (Å²) in [6, 6.07) is 14.5. The molecule has 1 aromatic carbocycles. The van der Waals surface area contributed by atoms with Gasteiger partial charge in [-0.3, -0.25) is 9.38 Å². The van der Waals surface area contributed by atoms with Crippen LogP contribution in [0.3, 0.4) is 0 Å². The van der Waals surface area contributed by atoms with Crippen molar-refractivity contribution in [1.82, 2.24) is 19.4 Å². The first-order chi connectivity index (χ1) is 14.2. The van der Waals surface area contributed by atoms with Crippen LogP contribution in [-0.2, 0) is 0 Å². The van der Waals surface area contributed by atoms with Gasteiger partial charge in [0, 0.05) is 29.6 Å². The Labute approximate surface area is 172 Å². The topological polar surface area (TPSA) is 43.1 Å². The molecule has 1 aliphatic rings. The monoisotopic (exact) mass is 384 g/mol. The van der Waals surface area contributed by atoms with Crippen LogP contribution in [0.5, 0.6) is 0 Å². The first-order valence-electron chi connectivity index (χ1n) is 10.9. The van der Waals surface area contributed by atoms with E-state index in [0.29, 0.717) is 5.92 Å². The van der Waals surface area contributed by atoms with Gasteiger partial charge in [0.05, 0.1) is 16.7 Å². The summed E-state index contributed by atoms with van der Waals surface area (Å²) in [5.41, 5.74) is 5.23. The maximum Gasteiger partial charge on any atom is 0.235 e. The maximum atomic E-state index is 4.84. The molecule has 3 heterocycles. The molecule has 0 saturated heterocycles. The number of pyridine rings is 1. The van der Waals surface area contributed by atoms with Gasteiger partial charge >= 0.3 is 0 Å². The Morgan fingerprint density at radius 2 is 1.86 bits per heavy atom. The molecule has 1 fully saturated rings. The summed E-state index contributed by atoms with van der Waals surface area (Å²) < 4.78 is 2.04. The van der Waals surface area contributed by atoms with Crippen LogP contribution in [0.25, 0.3) is 28.1 Å². The lowest BCUT2D eigenvalue weighted by atomic mass is 9.84. The number of benzene rings is 1. The highest BCUT2D eigenvalue weighted by atomic mass is 15.1. The number of aromatic nitrogens is 4. The van der Waals surface area contributed by atoms with Crippen molar-refractivity contribution in [2.45, 2.75) is 51.9 Å². The molecule has 148 valence electrons. The molecular weight excluding hydrogens is 356 g/mol. The van der Waals surface area contributed by atoms with E-state index in [9.17, 15) is 0 Å². The summed E-state index contributed by atoms with van der Waals surface area (Å²) in [4.78, 5) is 14.3. The van der Waals surface area contributed by atoms with Crippen molar-refractivity contribution in [2.24, 2.45) is 11.8 Å². The fourth-order valence-corrected chi connectivity index (χ4v) is 4.79. The van der Waals surface area contributed by atoms with Gasteiger partial charge in [-0.2, -0.15) is 0 Å². The summed E-state index contributed by atoms with van der Waals surface area (Å²) in [5.74, 6) is 2.88. The van der Waals surface area contributed by atoms with Crippen molar-refractivity contribution < 1.29 is 0 Å². The van der Waals surface area contributed by atoms with Gasteiger partial charge in [-0.15, -0.1) is 0 Å². The molecule has 0 spiro atoms. The first-order valence-corrected chi connectivity index (χ1v) is 10.9. The van der Waals surface area contributed by atoms with E-state index in [1.807, 2.05) is 34.9 Å². The predicted molar refractivity (Wildman–Crippen MR) is 118 cm³/mol. The number of para-hydroxylation sites is 2. The Kier molecular flexibility index (Phi) is 4.78. The third-order valence-corrected chi connectivity index (χ3v) is 6.74. The summed E-state index contributed by atoms with van der Waals surface area (Å²) in [5, 5.41) is 0. The van der Waals surface area contributed by atoms with E-state index >= 15 is 0 Å². The number of nitrogens with zero attached hydrogens (tertiary/aromatic N) is 4. The zero-order chi connectivity index (χ0) is 19.8. The Bertz CT molecular complexity index is 1130. The van der Waals surface area contributed by atoms with Gasteiger partial charge in [0.25, 0.3) is 0 Å². The molecule has 1 aliphatic carbocycles. The van der Waals surface area contributed by atoms with Crippen molar-refractivity contribution in [3.63, 3.8) is 0 Å². The Morgan fingerprint density at radius 3 is 2.72 bits per heavy atom. The quantitative estimate of drug-likeness (QED) is 0.391. The van der Waals surface area contributed by atoms with Crippen LogP contribution in [0.4, 0.5) is 0 Å². The molecule has 4 heteroatoms. The highest BCUT2D eigenvalue weighted by Gasteiger charge is 2.23. The van der Waals surface area contributed by atoms with Gasteiger partial charge in [-0.25, -0.2) is 9.97 Å². The molecular formula is C25H28N4. The van der Waals surface area contributed by atoms with Gasteiger partial charge < -0.3 is 0 Å². The van der Waals surface area contributed by atoms with Crippen molar-refractivity contribution in [3.8, 4) is 11.3 Å². The highest BCUT2D eigenvalue weighted by molar-refractivity contribution is 5.79. The van der Waals surface area contributed by atoms with Crippen LogP contribution < -0.4 is 0 Å². The summed E-state index contributed by atoms with van der Waals surface area (Å²) in [7, 11) is 0. The summed E-state index contributed by atoms with van der Waals surface area (Å²) >= 11 is 0. The largest absolute Gasteiger partial charge is 0.284 e. The summed E-state index contributed by atoms with van der Waals surface area (Å²) in [6.45, 7) is 4.75. The smallest absolute Gasteiger partial charge is 0.235 e. The van der Waals surface area contributed by atoms with Crippen molar-refractivity contribution in [3.05, 3.63) is 60.6 Å². The van der Waals surface area contributed by atoms with E-state index in [0.717, 1.165) is 39.9 Å². The first kappa shape index (κ1) is 18.3. The van der Waals surface area contributed by atoms with Gasteiger partial charge in [0.1, 0.15) is 0 Å². The lowest BCUT2D eigenvalue weighted by Gasteiger charge is -2.22. The van der Waals surface area contributed by atoms with E-state index in [4.69, 9.17) is 9.97 Å². The van der Waals surface area contributed by atoms with Crippen LogP contribution in [0, 0.1) is 11.8 Å². The zero-order valence-corrected chi connectivity index (χ0v) is 17.3. The Hall–Kier alpha value is -2.75. The lowest BCUT2D eigenvalue weighted by molar-refractivity contribution is 0.382. The molecule has 0 N–H and O–H groups in total. The molecule has 0 aliphatic heterocycles. The molecule has 3 unspecified atom stereocenters. The van der Waals surface area contributed by atoms with E-state index in [-0.39, 0.29) is 0 Å². The van der Waals surface area contributed by atoms with E-state index < -0.39 is 0 Å². The van der Waals surface area contributed by atoms with Gasteiger partial charge in [0.2, 0.25) is 5.78 Å². The van der Waals surface area contributed by atoms with Gasteiger partial charge in [-0.1, -0.05) is 45.2 Å². The molecule has 4 aromatic rings. The van der Waals surface area contributed by atoms with Gasteiger partial charge in [0.15, 0.2) is 0 Å². The SMILES string of the molecule is CC1CCCC(C(C)c2ccc(-c3ccn4c(n3)nc3ccccc34)cn2)CC1. The minimum atomic E-state index is 0.516. The Morgan fingerprint density at radius 1 is 0.966 bits per heavy atom. The molecule has 5 rings (SSSR count). The summed E-state index contributed by atoms with van der Waals surface area (Å²) in [6.07, 6.45) is 10.8.